The van der Waals surface area contributed by atoms with Crippen LogP contribution in [0.3, 0.4) is 0 Å². The summed E-state index contributed by atoms with van der Waals surface area (Å²) in [7, 11) is 0. The van der Waals surface area contributed by atoms with E-state index in [0.29, 0.717) is 57.4 Å². The molecule has 0 saturated heterocycles. The van der Waals surface area contributed by atoms with Crippen LogP contribution < -0.4 is 14.4 Å². The Morgan fingerprint density at radius 1 is 0.673 bits per heavy atom. The van der Waals surface area contributed by atoms with Crippen LogP contribution in [0.4, 0.5) is 5.69 Å². The number of rotatable bonds is 12. The number of imide groups is 2. The van der Waals surface area contributed by atoms with E-state index in [1.807, 2.05) is 56.3 Å². The largest absolute Gasteiger partial charge is 0.458 e. The summed E-state index contributed by atoms with van der Waals surface area (Å²) in [4.78, 5) is 55.9. The highest BCUT2D eigenvalue weighted by Crippen LogP contribution is 2.41. The normalized spacial score (nSPS) is 17.4. The fourth-order valence-corrected chi connectivity index (χ4v) is 7.75. The lowest BCUT2D eigenvalue weighted by Gasteiger charge is -2.34. The van der Waals surface area contributed by atoms with E-state index in [-0.39, 0.29) is 46.4 Å². The van der Waals surface area contributed by atoms with Gasteiger partial charge in [0.1, 0.15) is 23.0 Å². The number of carbonyl (C=O) groups excluding carboxylic acids is 4. The van der Waals surface area contributed by atoms with Crippen LogP contribution in [0.2, 0.25) is 0 Å². The van der Waals surface area contributed by atoms with Crippen molar-refractivity contribution in [3.05, 3.63) is 142 Å². The second-order valence-electron chi connectivity index (χ2n) is 15.7. The minimum absolute atomic E-state index is 0.0510. The van der Waals surface area contributed by atoms with Crippen LogP contribution in [0.1, 0.15) is 127 Å². The van der Waals surface area contributed by atoms with Crippen molar-refractivity contribution in [2.24, 2.45) is 5.92 Å². The van der Waals surface area contributed by atoms with Crippen molar-refractivity contribution in [1.82, 2.24) is 4.90 Å². The number of amides is 4. The van der Waals surface area contributed by atoms with Gasteiger partial charge in [0.15, 0.2) is 0 Å². The van der Waals surface area contributed by atoms with Crippen molar-refractivity contribution < 1.29 is 28.7 Å². The van der Waals surface area contributed by atoms with Gasteiger partial charge >= 0.3 is 0 Å². The molecule has 4 aromatic rings. The number of allylic oxidation sites excluding steroid dienone is 3. The molecule has 0 aromatic heterocycles. The van der Waals surface area contributed by atoms with Gasteiger partial charge in [-0.3, -0.25) is 24.1 Å². The van der Waals surface area contributed by atoms with Gasteiger partial charge in [0.2, 0.25) is 0 Å². The zero-order valence-electron chi connectivity index (χ0n) is 32.6. The fraction of sp³-hybridized carbons (Fsp3) is 0.319. The number of hydrogen-bond acceptors (Lipinski definition) is 6. The first-order chi connectivity index (χ1) is 26.3. The maximum atomic E-state index is 13.7. The number of benzene rings is 4. The molecule has 0 spiro atoms. The molecule has 4 amide bonds. The Balaban J connectivity index is 1.07. The number of ether oxygens (including phenoxy) is 2. The quantitative estimate of drug-likeness (QED) is 0.134. The molecule has 3 aliphatic rings. The highest BCUT2D eigenvalue weighted by molar-refractivity contribution is 6.34. The van der Waals surface area contributed by atoms with E-state index in [9.17, 15) is 19.2 Å². The first kappa shape index (κ1) is 37.6. The smallest absolute Gasteiger partial charge is 0.266 e. The van der Waals surface area contributed by atoms with E-state index in [0.717, 1.165) is 30.4 Å². The second-order valence-corrected chi connectivity index (χ2v) is 15.7. The monoisotopic (exact) mass is 736 g/mol. The lowest BCUT2D eigenvalue weighted by Crippen LogP contribution is -2.37. The van der Waals surface area contributed by atoms with Crippen LogP contribution in [0, 0.1) is 5.92 Å². The molecule has 282 valence electrons. The molecule has 4 aromatic carbocycles. The third-order valence-corrected chi connectivity index (χ3v) is 12.2. The zero-order chi connectivity index (χ0) is 39.2. The Morgan fingerprint density at radius 2 is 1.25 bits per heavy atom. The fourth-order valence-electron chi connectivity index (χ4n) is 7.75. The molecule has 2 atom stereocenters. The average Bonchev–Trinajstić information content (AvgIpc) is 3.60. The molecule has 0 saturated carbocycles. The summed E-state index contributed by atoms with van der Waals surface area (Å²) >= 11 is 0. The van der Waals surface area contributed by atoms with Gasteiger partial charge in [0.25, 0.3) is 23.6 Å². The van der Waals surface area contributed by atoms with Crippen LogP contribution >= 0.6 is 0 Å². The van der Waals surface area contributed by atoms with E-state index < -0.39 is 0 Å². The Labute approximate surface area is 323 Å². The third-order valence-electron chi connectivity index (χ3n) is 12.2. The van der Waals surface area contributed by atoms with Gasteiger partial charge in [-0.1, -0.05) is 71.9 Å². The van der Waals surface area contributed by atoms with Gasteiger partial charge in [-0.05, 0) is 133 Å². The molecule has 7 rings (SSSR count). The molecular formula is C47H48N2O6. The minimum atomic E-state index is -0.361. The summed E-state index contributed by atoms with van der Waals surface area (Å²) in [5.74, 6) is 1.05. The molecule has 0 bridgehead atoms. The summed E-state index contributed by atoms with van der Waals surface area (Å²) in [5, 5.41) is 0. The highest BCUT2D eigenvalue weighted by atomic mass is 16.5. The van der Waals surface area contributed by atoms with Gasteiger partial charge in [0.05, 0.1) is 27.9 Å². The molecule has 8 heteroatoms. The third kappa shape index (κ3) is 6.68. The molecule has 8 nitrogen and oxygen atoms in total. The molecule has 55 heavy (non-hydrogen) atoms. The summed E-state index contributed by atoms with van der Waals surface area (Å²) in [6.45, 7) is 14.7. The lowest BCUT2D eigenvalue weighted by atomic mass is 9.70. The molecular weight excluding hydrogens is 689 g/mol. The van der Waals surface area contributed by atoms with Crippen molar-refractivity contribution in [1.29, 1.82) is 0 Å². The van der Waals surface area contributed by atoms with Crippen molar-refractivity contribution >= 4 is 29.3 Å². The molecule has 0 N–H and O–H groups in total. The Hall–Kier alpha value is -5.76. The predicted molar refractivity (Wildman–Crippen MR) is 214 cm³/mol. The van der Waals surface area contributed by atoms with E-state index >= 15 is 0 Å². The van der Waals surface area contributed by atoms with Gasteiger partial charge in [-0.25, -0.2) is 4.90 Å². The molecule has 2 unspecified atom stereocenters. The van der Waals surface area contributed by atoms with Crippen molar-refractivity contribution in [3.63, 3.8) is 0 Å². The van der Waals surface area contributed by atoms with Crippen LogP contribution in [0.5, 0.6) is 17.2 Å². The van der Waals surface area contributed by atoms with Crippen molar-refractivity contribution in [2.45, 2.75) is 91.0 Å². The van der Waals surface area contributed by atoms with E-state index in [1.54, 1.807) is 36.4 Å². The maximum absolute atomic E-state index is 13.7. The van der Waals surface area contributed by atoms with E-state index in [4.69, 9.17) is 9.47 Å². The average molecular weight is 737 g/mol. The second kappa shape index (κ2) is 14.5. The Morgan fingerprint density at radius 3 is 1.95 bits per heavy atom. The van der Waals surface area contributed by atoms with Crippen molar-refractivity contribution in [3.8, 4) is 17.2 Å². The molecule has 2 aliphatic heterocycles. The summed E-state index contributed by atoms with van der Waals surface area (Å²) in [6.07, 6.45) is 9.49. The standard InChI is InChI=1S/C47H48N2O6/c1-8-29(4)48-42(50)38-22-20-36(27-40(38)44(48)52)54-34-18-12-14-30(25-34)46(5,6)31-15-13-19-35(26-31)55-37-21-23-39-41(28-37)45(53)49(43(39)51)33-17-11-16-32(24-33)47(7,9-2)10-3/h11-14,16-29,31H,8-10,15H2,1-7H3. The zero-order valence-corrected chi connectivity index (χ0v) is 32.6. The molecule has 0 radical (unpaired) electrons. The van der Waals surface area contributed by atoms with Crippen LogP contribution in [0.25, 0.3) is 0 Å². The number of fused-ring (bicyclic) bond motifs is 2. The molecule has 2 heterocycles. The van der Waals surface area contributed by atoms with E-state index in [1.165, 1.54) is 9.80 Å². The Kier molecular flexibility index (Phi) is 9.88. The summed E-state index contributed by atoms with van der Waals surface area (Å²) in [6, 6.07) is 25.6. The number of hydrogen-bond donors (Lipinski definition) is 0. The van der Waals surface area contributed by atoms with Gasteiger partial charge < -0.3 is 9.47 Å². The molecule has 0 fully saturated rings. The van der Waals surface area contributed by atoms with Crippen LogP contribution in [-0.2, 0) is 10.8 Å². The van der Waals surface area contributed by atoms with Gasteiger partial charge in [0, 0.05) is 6.04 Å². The minimum Gasteiger partial charge on any atom is -0.458 e. The number of carbonyl (C=O) groups is 4. The van der Waals surface area contributed by atoms with Crippen LogP contribution in [0.15, 0.2) is 109 Å². The van der Waals surface area contributed by atoms with Gasteiger partial charge in [-0.2, -0.15) is 0 Å². The van der Waals surface area contributed by atoms with Gasteiger partial charge in [-0.15, -0.1) is 0 Å². The first-order valence-corrected chi connectivity index (χ1v) is 19.3. The maximum Gasteiger partial charge on any atom is 0.266 e. The summed E-state index contributed by atoms with van der Waals surface area (Å²) < 4.78 is 12.6. The predicted octanol–water partition coefficient (Wildman–Crippen LogP) is 10.6. The number of anilines is 1. The van der Waals surface area contributed by atoms with Crippen LogP contribution in [-0.4, -0.2) is 34.6 Å². The van der Waals surface area contributed by atoms with Crippen molar-refractivity contribution in [2.75, 3.05) is 4.90 Å². The highest BCUT2D eigenvalue weighted by Gasteiger charge is 2.39. The first-order valence-electron chi connectivity index (χ1n) is 19.3. The molecule has 1 aliphatic carbocycles. The number of nitrogens with zero attached hydrogens (tertiary/aromatic N) is 2. The van der Waals surface area contributed by atoms with E-state index in [2.05, 4.69) is 58.9 Å². The summed E-state index contributed by atoms with van der Waals surface area (Å²) in [5.41, 5.74) is 3.79. The lowest BCUT2D eigenvalue weighted by molar-refractivity contribution is 0.0592. The Bertz CT molecular complexity index is 2280. The SMILES string of the molecule is CCC(C)N1C(=O)c2ccc(Oc3cccc(C(C)(C)C4C=C(Oc5ccc6c(c5)C(=O)N(c5cccc(C(C)(CC)CC)c5)C6=O)C=CC4)c3)cc2C1=O. The topological polar surface area (TPSA) is 93.2 Å².